The van der Waals surface area contributed by atoms with E-state index in [0.717, 1.165) is 25.9 Å². The molecule has 0 atom stereocenters. The molecule has 0 aliphatic carbocycles. The Kier molecular flexibility index (Phi) is 6.36. The van der Waals surface area contributed by atoms with Crippen molar-refractivity contribution < 1.29 is 13.2 Å². The zero-order valence-electron chi connectivity index (χ0n) is 14.7. The molecule has 2 heterocycles. The van der Waals surface area contributed by atoms with E-state index in [0.29, 0.717) is 5.95 Å². The molecule has 1 aromatic heterocycles. The fourth-order valence-electron chi connectivity index (χ4n) is 2.68. The molecule has 0 bridgehead atoms. The van der Waals surface area contributed by atoms with Crippen LogP contribution in [0.2, 0.25) is 10.0 Å². The second-order valence-corrected chi connectivity index (χ2v) is 8.57. The average molecular weight is 432 g/mol. The fourth-order valence-corrected chi connectivity index (χ4v) is 4.05. The van der Waals surface area contributed by atoms with Crippen LogP contribution in [-0.2, 0) is 16.6 Å². The van der Waals surface area contributed by atoms with E-state index in [2.05, 4.69) is 19.7 Å². The van der Waals surface area contributed by atoms with Gasteiger partial charge in [0.25, 0.3) is 0 Å². The summed E-state index contributed by atoms with van der Waals surface area (Å²) in [7, 11) is -2.35. The quantitative estimate of drug-likeness (QED) is 0.750. The summed E-state index contributed by atoms with van der Waals surface area (Å²) < 4.78 is 32.6. The molecule has 1 aromatic carbocycles. The summed E-state index contributed by atoms with van der Waals surface area (Å²) in [5, 5.41) is 0.442. The number of methoxy groups -OCH3 is 1. The second-order valence-electron chi connectivity index (χ2n) is 5.99. The van der Waals surface area contributed by atoms with Gasteiger partial charge < -0.3 is 9.64 Å². The molecule has 1 aliphatic rings. The first kappa shape index (κ1) is 20.1. The number of nitrogens with one attached hydrogen (secondary N) is 1. The minimum atomic E-state index is -3.80. The van der Waals surface area contributed by atoms with Crippen LogP contribution in [-0.4, -0.2) is 43.6 Å². The maximum atomic E-state index is 12.5. The van der Waals surface area contributed by atoms with Gasteiger partial charge in [-0.15, -0.1) is 0 Å². The third-order valence-electron chi connectivity index (χ3n) is 4.09. The van der Waals surface area contributed by atoms with Gasteiger partial charge in [0.05, 0.1) is 28.6 Å². The molecule has 1 N–H and O–H groups in total. The molecule has 1 saturated heterocycles. The number of benzene rings is 1. The van der Waals surface area contributed by atoms with E-state index >= 15 is 0 Å². The number of sulfonamides is 1. The standard InChI is InChI=1S/C16H19Cl2N5O3S/c1-26-16-21-14(20-15(22-16)23-7-3-2-4-8-23)10-19-27(24,25)11-5-6-12(17)13(18)9-11/h5-6,9,19H,2-4,7-8,10H2,1H3. The van der Waals surface area contributed by atoms with Crippen molar-refractivity contribution >= 4 is 39.2 Å². The summed E-state index contributed by atoms with van der Waals surface area (Å²) in [4.78, 5) is 14.8. The van der Waals surface area contributed by atoms with Crippen LogP contribution in [0.15, 0.2) is 23.1 Å². The molecule has 27 heavy (non-hydrogen) atoms. The van der Waals surface area contributed by atoms with Crippen LogP contribution in [0.1, 0.15) is 25.1 Å². The number of anilines is 1. The lowest BCUT2D eigenvalue weighted by atomic mass is 10.1. The third kappa shape index (κ3) is 4.98. The van der Waals surface area contributed by atoms with E-state index in [1.54, 1.807) is 0 Å². The van der Waals surface area contributed by atoms with Crippen molar-refractivity contribution in [2.45, 2.75) is 30.7 Å². The number of rotatable bonds is 6. The van der Waals surface area contributed by atoms with E-state index in [4.69, 9.17) is 27.9 Å². The normalized spacial score (nSPS) is 15.0. The van der Waals surface area contributed by atoms with Crippen molar-refractivity contribution in [3.63, 3.8) is 0 Å². The molecular formula is C16H19Cl2N5O3S. The molecule has 0 amide bonds. The van der Waals surface area contributed by atoms with E-state index in [-0.39, 0.29) is 33.3 Å². The van der Waals surface area contributed by atoms with Crippen molar-refractivity contribution in [1.82, 2.24) is 19.7 Å². The van der Waals surface area contributed by atoms with Gasteiger partial charge in [-0.3, -0.25) is 0 Å². The predicted octanol–water partition coefficient (Wildman–Crippen LogP) is 2.66. The third-order valence-corrected chi connectivity index (χ3v) is 6.23. The minimum Gasteiger partial charge on any atom is -0.467 e. The first-order chi connectivity index (χ1) is 12.9. The fraction of sp³-hybridized carbons (Fsp3) is 0.438. The predicted molar refractivity (Wildman–Crippen MR) is 103 cm³/mol. The lowest BCUT2D eigenvalue weighted by Crippen LogP contribution is -2.32. The molecule has 8 nitrogen and oxygen atoms in total. The van der Waals surface area contributed by atoms with Crippen molar-refractivity contribution in [3.05, 3.63) is 34.1 Å². The van der Waals surface area contributed by atoms with E-state index in [1.165, 1.54) is 31.7 Å². The van der Waals surface area contributed by atoms with Crippen LogP contribution in [0.25, 0.3) is 0 Å². The number of aromatic nitrogens is 3. The maximum Gasteiger partial charge on any atom is 0.321 e. The van der Waals surface area contributed by atoms with Gasteiger partial charge in [0.2, 0.25) is 16.0 Å². The van der Waals surface area contributed by atoms with Crippen molar-refractivity contribution in [2.75, 3.05) is 25.1 Å². The number of halogens is 2. The van der Waals surface area contributed by atoms with Crippen LogP contribution in [0, 0.1) is 0 Å². The highest BCUT2D eigenvalue weighted by molar-refractivity contribution is 7.89. The Bertz CT molecular complexity index is 920. The van der Waals surface area contributed by atoms with Gasteiger partial charge in [-0.25, -0.2) is 13.1 Å². The summed E-state index contributed by atoms with van der Waals surface area (Å²) in [5.41, 5.74) is 0. The molecule has 1 aliphatic heterocycles. The molecule has 2 aromatic rings. The van der Waals surface area contributed by atoms with Crippen LogP contribution in [0.3, 0.4) is 0 Å². The zero-order valence-corrected chi connectivity index (χ0v) is 17.0. The first-order valence-electron chi connectivity index (χ1n) is 8.37. The number of hydrogen-bond donors (Lipinski definition) is 1. The topological polar surface area (TPSA) is 97.3 Å². The van der Waals surface area contributed by atoms with Gasteiger partial charge in [0.15, 0.2) is 5.82 Å². The number of piperidine rings is 1. The molecule has 0 saturated carbocycles. The van der Waals surface area contributed by atoms with Gasteiger partial charge in [-0.2, -0.15) is 15.0 Å². The Labute approximate surface area is 167 Å². The monoisotopic (exact) mass is 431 g/mol. The Balaban J connectivity index is 1.79. The summed E-state index contributed by atoms with van der Waals surface area (Å²) in [6, 6.07) is 4.25. The van der Waals surface area contributed by atoms with E-state index in [1.807, 2.05) is 4.90 Å². The van der Waals surface area contributed by atoms with Crippen LogP contribution in [0.5, 0.6) is 6.01 Å². The summed E-state index contributed by atoms with van der Waals surface area (Å²) in [6.07, 6.45) is 3.30. The Morgan fingerprint density at radius 1 is 1.11 bits per heavy atom. The van der Waals surface area contributed by atoms with Gasteiger partial charge in [-0.1, -0.05) is 23.2 Å². The van der Waals surface area contributed by atoms with E-state index < -0.39 is 10.0 Å². The lowest BCUT2D eigenvalue weighted by Gasteiger charge is -2.26. The number of nitrogens with zero attached hydrogens (tertiary/aromatic N) is 4. The van der Waals surface area contributed by atoms with Gasteiger partial charge in [-0.05, 0) is 37.5 Å². The van der Waals surface area contributed by atoms with Crippen LogP contribution in [0.4, 0.5) is 5.95 Å². The van der Waals surface area contributed by atoms with Crippen molar-refractivity contribution in [1.29, 1.82) is 0 Å². The minimum absolute atomic E-state index is 0.00850. The molecule has 0 spiro atoms. The highest BCUT2D eigenvalue weighted by atomic mass is 35.5. The SMILES string of the molecule is COc1nc(CNS(=O)(=O)c2ccc(Cl)c(Cl)c2)nc(N2CCCCC2)n1. The highest BCUT2D eigenvalue weighted by Gasteiger charge is 2.19. The Morgan fingerprint density at radius 2 is 1.85 bits per heavy atom. The van der Waals surface area contributed by atoms with Crippen molar-refractivity contribution in [2.24, 2.45) is 0 Å². The molecule has 3 rings (SSSR count). The number of hydrogen-bond acceptors (Lipinski definition) is 7. The van der Waals surface area contributed by atoms with Crippen LogP contribution < -0.4 is 14.4 Å². The average Bonchev–Trinajstić information content (AvgIpc) is 2.69. The molecule has 1 fully saturated rings. The first-order valence-corrected chi connectivity index (χ1v) is 10.6. The van der Waals surface area contributed by atoms with Gasteiger partial charge in [0, 0.05) is 13.1 Å². The molecule has 0 unspecified atom stereocenters. The molecule has 146 valence electrons. The second kappa shape index (κ2) is 8.55. The van der Waals surface area contributed by atoms with Gasteiger partial charge >= 0.3 is 6.01 Å². The molecular weight excluding hydrogens is 413 g/mol. The Hall–Kier alpha value is -1.68. The largest absolute Gasteiger partial charge is 0.467 e. The maximum absolute atomic E-state index is 12.5. The van der Waals surface area contributed by atoms with Gasteiger partial charge in [0.1, 0.15) is 0 Å². The molecule has 11 heteroatoms. The lowest BCUT2D eigenvalue weighted by molar-refractivity contribution is 0.374. The van der Waals surface area contributed by atoms with E-state index in [9.17, 15) is 8.42 Å². The summed E-state index contributed by atoms with van der Waals surface area (Å²) in [5.74, 6) is 0.761. The zero-order chi connectivity index (χ0) is 19.4. The van der Waals surface area contributed by atoms with Crippen LogP contribution >= 0.6 is 23.2 Å². The van der Waals surface area contributed by atoms with Crippen molar-refractivity contribution in [3.8, 4) is 6.01 Å². The highest BCUT2D eigenvalue weighted by Crippen LogP contribution is 2.25. The summed E-state index contributed by atoms with van der Waals surface area (Å²) >= 11 is 11.7. The molecule has 0 radical (unpaired) electrons. The smallest absolute Gasteiger partial charge is 0.321 e. The Morgan fingerprint density at radius 3 is 2.52 bits per heavy atom. The summed E-state index contributed by atoms with van der Waals surface area (Å²) in [6.45, 7) is 1.59. The number of ether oxygens (including phenoxy) is 1.